The monoisotopic (exact) mass is 235 g/mol. The lowest BCUT2D eigenvalue weighted by molar-refractivity contribution is 0.0427. The van der Waals surface area contributed by atoms with E-state index in [-0.39, 0.29) is 6.10 Å². The van der Waals surface area contributed by atoms with Crippen LogP contribution in [0.15, 0.2) is 30.3 Å². The third kappa shape index (κ3) is 4.11. The Morgan fingerprint density at radius 3 is 2.88 bits per heavy atom. The zero-order valence-electron chi connectivity index (χ0n) is 10.4. The first-order valence-corrected chi connectivity index (χ1v) is 6.30. The molecule has 1 aliphatic heterocycles. The van der Waals surface area contributed by atoms with Gasteiger partial charge in [-0.15, -0.1) is 0 Å². The molecule has 1 fully saturated rings. The molecule has 17 heavy (non-hydrogen) atoms. The van der Waals surface area contributed by atoms with Gasteiger partial charge in [0.1, 0.15) is 0 Å². The van der Waals surface area contributed by atoms with Crippen LogP contribution in [0.25, 0.3) is 0 Å². The zero-order chi connectivity index (χ0) is 12.1. The molecule has 3 nitrogen and oxygen atoms in total. The van der Waals surface area contributed by atoms with E-state index in [1.165, 1.54) is 5.56 Å². The second kappa shape index (κ2) is 6.15. The fraction of sp³-hybridized carbons (Fsp3) is 0.571. The summed E-state index contributed by atoms with van der Waals surface area (Å²) in [5, 5.41) is 9.32. The lowest BCUT2D eigenvalue weighted by Crippen LogP contribution is -2.30. The quantitative estimate of drug-likeness (QED) is 0.842. The van der Waals surface area contributed by atoms with Crippen LogP contribution in [0, 0.1) is 0 Å². The Bertz CT molecular complexity index is 326. The summed E-state index contributed by atoms with van der Waals surface area (Å²) in [6, 6.07) is 10.3. The van der Waals surface area contributed by atoms with Crippen LogP contribution in [0.1, 0.15) is 18.9 Å². The normalized spacial score (nSPS) is 22.8. The molecule has 0 saturated carbocycles. The van der Waals surface area contributed by atoms with Gasteiger partial charge >= 0.3 is 0 Å². The molecule has 1 aromatic carbocycles. The second-order valence-corrected chi connectivity index (χ2v) is 4.82. The van der Waals surface area contributed by atoms with Crippen LogP contribution in [0.4, 0.5) is 0 Å². The lowest BCUT2D eigenvalue weighted by Gasteiger charge is -2.17. The molecule has 0 aliphatic carbocycles. The summed E-state index contributed by atoms with van der Waals surface area (Å²) in [4.78, 5) is 2.26. The maximum atomic E-state index is 9.32. The molecule has 0 amide bonds. The fourth-order valence-corrected chi connectivity index (χ4v) is 2.26. The summed E-state index contributed by atoms with van der Waals surface area (Å²) in [7, 11) is 0. The van der Waals surface area contributed by atoms with E-state index in [4.69, 9.17) is 4.74 Å². The van der Waals surface area contributed by atoms with Crippen LogP contribution in [0.2, 0.25) is 0 Å². The van der Waals surface area contributed by atoms with Crippen molar-refractivity contribution in [1.82, 2.24) is 4.90 Å². The van der Waals surface area contributed by atoms with E-state index in [9.17, 15) is 5.11 Å². The van der Waals surface area contributed by atoms with Crippen LogP contribution in [-0.4, -0.2) is 41.8 Å². The summed E-state index contributed by atoms with van der Waals surface area (Å²) < 4.78 is 5.88. The Labute approximate surface area is 103 Å². The third-order valence-electron chi connectivity index (χ3n) is 3.08. The van der Waals surface area contributed by atoms with Gasteiger partial charge in [0.15, 0.2) is 0 Å². The minimum atomic E-state index is -0.247. The van der Waals surface area contributed by atoms with Gasteiger partial charge in [0.25, 0.3) is 0 Å². The van der Waals surface area contributed by atoms with Gasteiger partial charge in [0.05, 0.1) is 18.8 Å². The van der Waals surface area contributed by atoms with Gasteiger partial charge in [-0.25, -0.2) is 0 Å². The minimum absolute atomic E-state index is 0.247. The first-order valence-electron chi connectivity index (χ1n) is 6.30. The summed E-state index contributed by atoms with van der Waals surface area (Å²) >= 11 is 0. The summed E-state index contributed by atoms with van der Waals surface area (Å²) in [6.07, 6.45) is 1.14. The third-order valence-corrected chi connectivity index (χ3v) is 3.08. The highest BCUT2D eigenvalue weighted by Crippen LogP contribution is 2.14. The van der Waals surface area contributed by atoms with Crippen molar-refractivity contribution in [2.45, 2.75) is 32.2 Å². The Balaban J connectivity index is 1.71. The van der Waals surface area contributed by atoms with E-state index in [2.05, 4.69) is 17.0 Å². The first kappa shape index (κ1) is 12.6. The lowest BCUT2D eigenvalue weighted by atomic mass is 10.2. The highest BCUT2D eigenvalue weighted by Gasteiger charge is 2.23. The number of ether oxygens (including phenoxy) is 1. The largest absolute Gasteiger partial charge is 0.392 e. The van der Waals surface area contributed by atoms with E-state index in [1.54, 1.807) is 0 Å². The number of β-amino-alcohol motifs (C(OH)–C–C–N with tert-alkyl or cyclic N) is 1. The van der Waals surface area contributed by atoms with Crippen LogP contribution in [0.5, 0.6) is 0 Å². The van der Waals surface area contributed by atoms with Crippen LogP contribution in [-0.2, 0) is 11.3 Å². The molecule has 3 heteroatoms. The van der Waals surface area contributed by atoms with Crippen molar-refractivity contribution in [3.8, 4) is 0 Å². The van der Waals surface area contributed by atoms with Crippen molar-refractivity contribution in [2.75, 3.05) is 19.6 Å². The van der Waals surface area contributed by atoms with E-state index < -0.39 is 0 Å². The Kier molecular flexibility index (Phi) is 4.54. The molecular formula is C14H21NO2. The van der Waals surface area contributed by atoms with Crippen molar-refractivity contribution in [2.24, 2.45) is 0 Å². The van der Waals surface area contributed by atoms with Gasteiger partial charge in [-0.3, -0.25) is 4.90 Å². The highest BCUT2D eigenvalue weighted by molar-refractivity contribution is 5.13. The standard InChI is InChI=1S/C14H21NO2/c1-12(16)9-15-8-7-14(10-15)17-11-13-5-3-2-4-6-13/h2-6,12,14,16H,7-11H2,1H3/t12-,14?/m0/s1. The molecule has 0 bridgehead atoms. The number of rotatable bonds is 5. The van der Waals surface area contributed by atoms with E-state index in [1.807, 2.05) is 25.1 Å². The van der Waals surface area contributed by atoms with Gasteiger partial charge in [0.2, 0.25) is 0 Å². The van der Waals surface area contributed by atoms with Crippen molar-refractivity contribution in [1.29, 1.82) is 0 Å². The smallest absolute Gasteiger partial charge is 0.0721 e. The average molecular weight is 235 g/mol. The summed E-state index contributed by atoms with van der Waals surface area (Å²) in [5.74, 6) is 0. The molecule has 2 atom stereocenters. The zero-order valence-corrected chi connectivity index (χ0v) is 10.4. The molecule has 1 N–H and O–H groups in total. The second-order valence-electron chi connectivity index (χ2n) is 4.82. The van der Waals surface area contributed by atoms with Crippen molar-refractivity contribution in [3.05, 3.63) is 35.9 Å². The number of aliphatic hydroxyl groups excluding tert-OH is 1. The average Bonchev–Trinajstić information content (AvgIpc) is 2.75. The minimum Gasteiger partial charge on any atom is -0.392 e. The van der Waals surface area contributed by atoms with Crippen molar-refractivity contribution < 1.29 is 9.84 Å². The van der Waals surface area contributed by atoms with Crippen molar-refractivity contribution in [3.63, 3.8) is 0 Å². The highest BCUT2D eigenvalue weighted by atomic mass is 16.5. The van der Waals surface area contributed by atoms with Gasteiger partial charge in [-0.1, -0.05) is 30.3 Å². The Morgan fingerprint density at radius 2 is 2.18 bits per heavy atom. The topological polar surface area (TPSA) is 32.7 Å². The summed E-state index contributed by atoms with van der Waals surface area (Å²) in [5.41, 5.74) is 1.22. The molecule has 1 saturated heterocycles. The molecular weight excluding hydrogens is 214 g/mol. The first-order chi connectivity index (χ1) is 8.24. The van der Waals surface area contributed by atoms with E-state index in [0.717, 1.165) is 26.1 Å². The van der Waals surface area contributed by atoms with Crippen LogP contribution < -0.4 is 0 Å². The Hall–Kier alpha value is -0.900. The SMILES string of the molecule is C[C@H](O)CN1CCC(OCc2ccccc2)C1. The molecule has 1 aromatic rings. The maximum absolute atomic E-state index is 9.32. The number of nitrogens with zero attached hydrogens (tertiary/aromatic N) is 1. The summed E-state index contributed by atoms with van der Waals surface area (Å²) in [6.45, 7) is 5.25. The van der Waals surface area contributed by atoms with Gasteiger partial charge in [-0.05, 0) is 18.9 Å². The molecule has 94 valence electrons. The van der Waals surface area contributed by atoms with Crippen molar-refractivity contribution >= 4 is 0 Å². The predicted octanol–water partition coefficient (Wildman–Crippen LogP) is 1.66. The van der Waals surface area contributed by atoms with Crippen LogP contribution >= 0.6 is 0 Å². The predicted molar refractivity (Wildman–Crippen MR) is 67.8 cm³/mol. The van der Waals surface area contributed by atoms with Gasteiger partial charge in [0, 0.05) is 19.6 Å². The number of hydrogen-bond acceptors (Lipinski definition) is 3. The molecule has 2 rings (SSSR count). The molecule has 0 aromatic heterocycles. The number of benzene rings is 1. The molecule has 0 radical (unpaired) electrons. The molecule has 1 heterocycles. The fourth-order valence-electron chi connectivity index (χ4n) is 2.26. The molecule has 1 aliphatic rings. The molecule has 1 unspecified atom stereocenters. The maximum Gasteiger partial charge on any atom is 0.0721 e. The number of likely N-dealkylation sites (tertiary alicyclic amines) is 1. The van der Waals surface area contributed by atoms with Crippen LogP contribution in [0.3, 0.4) is 0 Å². The van der Waals surface area contributed by atoms with Gasteiger partial charge in [-0.2, -0.15) is 0 Å². The Morgan fingerprint density at radius 1 is 1.41 bits per heavy atom. The van der Waals surface area contributed by atoms with E-state index >= 15 is 0 Å². The van der Waals surface area contributed by atoms with Gasteiger partial charge < -0.3 is 9.84 Å². The number of hydrogen-bond donors (Lipinski definition) is 1. The van der Waals surface area contributed by atoms with E-state index in [0.29, 0.717) is 12.7 Å². The number of aliphatic hydroxyl groups is 1. The molecule has 0 spiro atoms.